The summed E-state index contributed by atoms with van der Waals surface area (Å²) >= 11 is 0. The van der Waals surface area contributed by atoms with Crippen LogP contribution in [0.25, 0.3) is 10.8 Å². The Morgan fingerprint density at radius 1 is 1.15 bits per heavy atom. The van der Waals surface area contributed by atoms with Crippen molar-refractivity contribution in [3.05, 3.63) is 52.9 Å². The van der Waals surface area contributed by atoms with Crippen LogP contribution in [0.5, 0.6) is 0 Å². The fraction of sp³-hybridized carbons (Fsp3) is 0.440. The van der Waals surface area contributed by atoms with E-state index in [0.717, 1.165) is 60.3 Å². The molecule has 0 aliphatic carbocycles. The molecule has 1 fully saturated rings. The molecule has 1 aliphatic rings. The molecule has 0 spiro atoms. The lowest BCUT2D eigenvalue weighted by Gasteiger charge is -2.44. The molecule has 1 aromatic carbocycles. The summed E-state index contributed by atoms with van der Waals surface area (Å²) in [5.41, 5.74) is 0.620. The third-order valence-corrected chi connectivity index (χ3v) is 7.08. The molecule has 9 heteroatoms. The van der Waals surface area contributed by atoms with Crippen LogP contribution in [0.4, 0.5) is 20.4 Å². The molecule has 7 nitrogen and oxygen atoms in total. The van der Waals surface area contributed by atoms with E-state index in [1.807, 2.05) is 13.0 Å². The number of benzene rings is 1. The average molecular weight is 466 g/mol. The molecule has 34 heavy (non-hydrogen) atoms. The summed E-state index contributed by atoms with van der Waals surface area (Å²) in [4.78, 5) is 9.23. The van der Waals surface area contributed by atoms with Gasteiger partial charge in [-0.1, -0.05) is 0 Å². The first kappa shape index (κ1) is 23.8. The molecule has 0 radical (unpaired) electrons. The number of pyridine rings is 1. The number of aromatic nitrogens is 3. The average Bonchev–Trinajstić information content (AvgIpc) is 2.82. The summed E-state index contributed by atoms with van der Waals surface area (Å²) in [7, 11) is 4.23. The van der Waals surface area contributed by atoms with Gasteiger partial charge in [0.25, 0.3) is 0 Å². The van der Waals surface area contributed by atoms with E-state index >= 15 is 0 Å². The van der Waals surface area contributed by atoms with Crippen LogP contribution in [0.1, 0.15) is 49.6 Å². The second-order valence-corrected chi connectivity index (χ2v) is 9.43. The maximum atomic E-state index is 14.7. The highest BCUT2D eigenvalue weighted by Crippen LogP contribution is 2.33. The topological polar surface area (TPSA) is 81.0 Å². The van der Waals surface area contributed by atoms with Gasteiger partial charge in [0.05, 0.1) is 17.3 Å². The molecule has 3 aromatic rings. The first-order valence-corrected chi connectivity index (χ1v) is 11.3. The SMILES string of the molecule is Cc1nnc(N[C@H](C)c2cc(F)cc(C#N)c2F)c2cc(N3CCC(C)(N(C)C)CC3)ncc12. The molecule has 2 aromatic heterocycles. The van der Waals surface area contributed by atoms with Gasteiger partial charge in [-0.2, -0.15) is 10.4 Å². The zero-order valence-electron chi connectivity index (χ0n) is 20.2. The van der Waals surface area contributed by atoms with Gasteiger partial charge in [-0.3, -0.25) is 0 Å². The smallest absolute Gasteiger partial charge is 0.157 e. The van der Waals surface area contributed by atoms with Crippen molar-refractivity contribution in [3.63, 3.8) is 0 Å². The van der Waals surface area contributed by atoms with E-state index in [1.54, 1.807) is 19.2 Å². The number of rotatable bonds is 5. The Kier molecular flexibility index (Phi) is 6.36. The Labute approximate surface area is 198 Å². The molecular weight excluding hydrogens is 436 g/mol. The molecule has 0 bridgehead atoms. The molecular formula is C25H29F2N7. The van der Waals surface area contributed by atoms with E-state index in [4.69, 9.17) is 5.26 Å². The van der Waals surface area contributed by atoms with Crippen LogP contribution < -0.4 is 10.2 Å². The Bertz CT molecular complexity index is 1260. The maximum absolute atomic E-state index is 14.7. The van der Waals surface area contributed by atoms with E-state index in [2.05, 4.69) is 51.3 Å². The number of aryl methyl sites for hydroxylation is 1. The highest BCUT2D eigenvalue weighted by atomic mass is 19.1. The molecule has 0 saturated carbocycles. The molecule has 0 unspecified atom stereocenters. The lowest BCUT2D eigenvalue weighted by molar-refractivity contribution is 0.137. The predicted molar refractivity (Wildman–Crippen MR) is 129 cm³/mol. The van der Waals surface area contributed by atoms with Crippen molar-refractivity contribution in [2.24, 2.45) is 0 Å². The van der Waals surface area contributed by atoms with Gasteiger partial charge in [0, 0.05) is 41.2 Å². The zero-order chi connectivity index (χ0) is 24.6. The summed E-state index contributed by atoms with van der Waals surface area (Å²) in [5, 5.41) is 22.4. The fourth-order valence-electron chi connectivity index (χ4n) is 4.40. The van der Waals surface area contributed by atoms with E-state index in [0.29, 0.717) is 5.82 Å². The quantitative estimate of drug-likeness (QED) is 0.591. The summed E-state index contributed by atoms with van der Waals surface area (Å²) < 4.78 is 28.7. The molecule has 1 N–H and O–H groups in total. The van der Waals surface area contributed by atoms with Crippen molar-refractivity contribution in [2.45, 2.75) is 45.2 Å². The minimum absolute atomic E-state index is 0.0559. The number of piperidine rings is 1. The normalized spacial score (nSPS) is 16.5. The second-order valence-electron chi connectivity index (χ2n) is 9.43. The fourth-order valence-corrected chi connectivity index (χ4v) is 4.40. The van der Waals surface area contributed by atoms with Crippen molar-refractivity contribution < 1.29 is 8.78 Å². The highest BCUT2D eigenvalue weighted by molar-refractivity contribution is 5.94. The van der Waals surface area contributed by atoms with Crippen LogP contribution in [-0.2, 0) is 0 Å². The standard InChI is InChI=1S/C25H29F2N7/c1-15(19-11-18(26)10-17(13-28)23(19)27)30-24-20-12-22(29-14-21(20)16(2)31-32-24)34-8-6-25(3,7-9-34)33(4)5/h10-12,14-15H,6-9H2,1-5H3,(H,30,32)/t15-/m1/s1. The zero-order valence-corrected chi connectivity index (χ0v) is 20.2. The van der Waals surface area contributed by atoms with Crippen molar-refractivity contribution >= 4 is 22.4 Å². The van der Waals surface area contributed by atoms with Crippen LogP contribution in [-0.4, -0.2) is 52.8 Å². The lowest BCUT2D eigenvalue weighted by Crippen LogP contribution is -2.50. The van der Waals surface area contributed by atoms with E-state index in [9.17, 15) is 8.78 Å². The molecule has 4 rings (SSSR count). The molecule has 1 saturated heterocycles. The first-order chi connectivity index (χ1) is 16.1. The van der Waals surface area contributed by atoms with Gasteiger partial charge in [-0.15, -0.1) is 5.10 Å². The van der Waals surface area contributed by atoms with Gasteiger partial charge in [-0.25, -0.2) is 13.8 Å². The van der Waals surface area contributed by atoms with Crippen LogP contribution in [0.15, 0.2) is 24.4 Å². The molecule has 0 amide bonds. The molecule has 3 heterocycles. The maximum Gasteiger partial charge on any atom is 0.157 e. The summed E-state index contributed by atoms with van der Waals surface area (Å²) in [6, 6.07) is 5.03. The predicted octanol–water partition coefficient (Wildman–Crippen LogP) is 4.58. The van der Waals surface area contributed by atoms with Crippen molar-refractivity contribution in [3.8, 4) is 6.07 Å². The molecule has 178 valence electrons. The van der Waals surface area contributed by atoms with Crippen molar-refractivity contribution in [2.75, 3.05) is 37.4 Å². The van der Waals surface area contributed by atoms with Crippen LogP contribution >= 0.6 is 0 Å². The number of anilines is 2. The highest BCUT2D eigenvalue weighted by Gasteiger charge is 2.32. The van der Waals surface area contributed by atoms with Crippen LogP contribution in [0.2, 0.25) is 0 Å². The number of nitrogens with zero attached hydrogens (tertiary/aromatic N) is 6. The third kappa shape index (κ3) is 4.38. The summed E-state index contributed by atoms with van der Waals surface area (Å²) in [5.74, 6) is -0.107. The molecule has 1 atom stereocenters. The number of fused-ring (bicyclic) bond motifs is 1. The Morgan fingerprint density at radius 3 is 2.50 bits per heavy atom. The molecule has 1 aliphatic heterocycles. The van der Waals surface area contributed by atoms with Crippen LogP contribution in [0, 0.1) is 29.9 Å². The number of hydrogen-bond acceptors (Lipinski definition) is 7. The number of nitriles is 1. The van der Waals surface area contributed by atoms with E-state index in [-0.39, 0.29) is 16.7 Å². The van der Waals surface area contributed by atoms with Gasteiger partial charge in [0.2, 0.25) is 0 Å². The lowest BCUT2D eigenvalue weighted by atomic mass is 9.88. The van der Waals surface area contributed by atoms with Gasteiger partial charge >= 0.3 is 0 Å². The number of nitrogens with one attached hydrogen (secondary N) is 1. The number of halogens is 2. The van der Waals surface area contributed by atoms with E-state index in [1.165, 1.54) is 0 Å². The Morgan fingerprint density at radius 2 is 1.85 bits per heavy atom. The van der Waals surface area contributed by atoms with Gasteiger partial charge in [0.15, 0.2) is 5.82 Å². The second kappa shape index (κ2) is 9.11. The summed E-state index contributed by atoms with van der Waals surface area (Å²) in [6.07, 6.45) is 3.84. The number of hydrogen-bond donors (Lipinski definition) is 1. The third-order valence-electron chi connectivity index (χ3n) is 7.08. The Hall–Kier alpha value is -3.38. The van der Waals surface area contributed by atoms with E-state index < -0.39 is 17.7 Å². The first-order valence-electron chi connectivity index (χ1n) is 11.3. The van der Waals surface area contributed by atoms with Crippen molar-refractivity contribution in [1.82, 2.24) is 20.1 Å². The minimum atomic E-state index is -0.743. The Balaban J connectivity index is 1.66. The van der Waals surface area contributed by atoms with Gasteiger partial charge in [0.1, 0.15) is 23.5 Å². The van der Waals surface area contributed by atoms with Crippen LogP contribution in [0.3, 0.4) is 0 Å². The van der Waals surface area contributed by atoms with Gasteiger partial charge in [-0.05, 0) is 65.9 Å². The monoisotopic (exact) mass is 465 g/mol. The minimum Gasteiger partial charge on any atom is -0.361 e. The van der Waals surface area contributed by atoms with Crippen molar-refractivity contribution in [1.29, 1.82) is 5.26 Å². The largest absolute Gasteiger partial charge is 0.361 e. The summed E-state index contributed by atoms with van der Waals surface area (Å²) in [6.45, 7) is 7.61. The van der Waals surface area contributed by atoms with Gasteiger partial charge < -0.3 is 15.1 Å².